The summed E-state index contributed by atoms with van der Waals surface area (Å²) in [6, 6.07) is 0. The molecule has 0 aliphatic carbocycles. The predicted octanol–water partition coefficient (Wildman–Crippen LogP) is 1.82. The second-order valence-electron chi connectivity index (χ2n) is 2.48. The fourth-order valence-corrected chi connectivity index (χ4v) is 2.94. The maximum Gasteiger partial charge on any atom is 0.512 e. The van der Waals surface area contributed by atoms with Crippen molar-refractivity contribution in [3.8, 4) is 0 Å². The summed E-state index contributed by atoms with van der Waals surface area (Å²) in [6.07, 6.45) is -4.37. The van der Waals surface area contributed by atoms with Crippen molar-refractivity contribution in [2.75, 3.05) is 21.3 Å². The molecule has 1 atom stereocenters. The molecule has 7 heteroatoms. The van der Waals surface area contributed by atoms with Gasteiger partial charge in [-0.15, -0.1) is 0 Å². The summed E-state index contributed by atoms with van der Waals surface area (Å²) in [6.45, 7) is 0.989. The molecular weight excluding hydrogens is 205 g/mol. The largest absolute Gasteiger partial charge is 0.512 e. The molecule has 0 fully saturated rings. The van der Waals surface area contributed by atoms with Gasteiger partial charge in [0.2, 0.25) is 0 Å². The van der Waals surface area contributed by atoms with Gasteiger partial charge in [0.05, 0.1) is 0 Å². The van der Waals surface area contributed by atoms with Gasteiger partial charge in [0.15, 0.2) is 0 Å². The Morgan fingerprint density at radius 2 is 1.31 bits per heavy atom. The van der Waals surface area contributed by atoms with Crippen LogP contribution in [0.3, 0.4) is 0 Å². The molecule has 0 aromatic heterocycles. The number of alkyl halides is 3. The zero-order valence-corrected chi connectivity index (χ0v) is 8.94. The van der Waals surface area contributed by atoms with E-state index in [2.05, 4.69) is 0 Å². The second-order valence-corrected chi connectivity index (χ2v) is 5.78. The van der Waals surface area contributed by atoms with Gasteiger partial charge in [-0.25, -0.2) is 0 Å². The zero-order valence-electron chi connectivity index (χ0n) is 7.94. The summed E-state index contributed by atoms with van der Waals surface area (Å²) in [5.41, 5.74) is -1.72. The summed E-state index contributed by atoms with van der Waals surface area (Å²) in [4.78, 5) is 0. The van der Waals surface area contributed by atoms with E-state index in [9.17, 15) is 13.2 Å². The van der Waals surface area contributed by atoms with Gasteiger partial charge in [-0.05, 0) is 6.92 Å². The first-order valence-corrected chi connectivity index (χ1v) is 5.36. The van der Waals surface area contributed by atoms with Gasteiger partial charge in [0.25, 0.3) is 0 Å². The van der Waals surface area contributed by atoms with Gasteiger partial charge < -0.3 is 13.3 Å². The van der Waals surface area contributed by atoms with Gasteiger partial charge in [0, 0.05) is 21.3 Å². The van der Waals surface area contributed by atoms with Gasteiger partial charge in [-0.1, -0.05) is 0 Å². The molecule has 0 saturated carbocycles. The van der Waals surface area contributed by atoms with Crippen molar-refractivity contribution >= 4 is 8.80 Å². The third kappa shape index (κ3) is 2.66. The van der Waals surface area contributed by atoms with E-state index in [4.69, 9.17) is 13.3 Å². The van der Waals surface area contributed by atoms with Crippen LogP contribution in [-0.4, -0.2) is 36.3 Å². The molecule has 0 aromatic carbocycles. The van der Waals surface area contributed by atoms with Crippen LogP contribution in [0.4, 0.5) is 13.2 Å². The maximum atomic E-state index is 12.3. The minimum atomic E-state index is -4.37. The highest BCUT2D eigenvalue weighted by atomic mass is 28.4. The van der Waals surface area contributed by atoms with E-state index in [1.165, 1.54) is 0 Å². The van der Waals surface area contributed by atoms with E-state index in [1.54, 1.807) is 0 Å². The second kappa shape index (κ2) is 4.40. The van der Waals surface area contributed by atoms with Crippen LogP contribution < -0.4 is 0 Å². The average molecular weight is 218 g/mol. The Balaban J connectivity index is 4.73. The molecule has 0 saturated heterocycles. The molecular formula is C6H13F3O3Si. The van der Waals surface area contributed by atoms with Crippen molar-refractivity contribution in [2.24, 2.45) is 0 Å². The Kier molecular flexibility index (Phi) is 4.37. The molecule has 0 N–H and O–H groups in total. The summed E-state index contributed by atoms with van der Waals surface area (Å²) in [7, 11) is -0.119. The van der Waals surface area contributed by atoms with Gasteiger partial charge in [0.1, 0.15) is 5.54 Å². The first-order chi connectivity index (χ1) is 5.84. The highest BCUT2D eigenvalue weighted by molar-refractivity contribution is 6.62. The summed E-state index contributed by atoms with van der Waals surface area (Å²) in [5, 5.41) is 0. The van der Waals surface area contributed by atoms with E-state index in [0.717, 1.165) is 28.3 Å². The standard InChI is InChI=1S/C6H13F3O3Si/c1-5(6(7,8)9)13(10-2,11-3)12-4/h5H,1-4H3. The Hall–Kier alpha value is -0.113. The quantitative estimate of drug-likeness (QED) is 0.674. The lowest BCUT2D eigenvalue weighted by atomic mass is 10.5. The van der Waals surface area contributed by atoms with Crippen LogP contribution >= 0.6 is 0 Å². The molecule has 0 amide bonds. The van der Waals surface area contributed by atoms with Crippen LogP contribution in [0.5, 0.6) is 0 Å². The smallest absolute Gasteiger partial charge is 0.376 e. The molecule has 0 aromatic rings. The third-order valence-electron chi connectivity index (χ3n) is 1.87. The summed E-state index contributed by atoms with van der Waals surface area (Å²) in [5.74, 6) is 0. The van der Waals surface area contributed by atoms with Crippen molar-refractivity contribution in [3.05, 3.63) is 0 Å². The third-order valence-corrected chi connectivity index (χ3v) is 4.97. The van der Waals surface area contributed by atoms with Gasteiger partial charge in [-0.3, -0.25) is 0 Å². The Morgan fingerprint density at radius 3 is 1.38 bits per heavy atom. The molecule has 0 aliphatic heterocycles. The number of halogens is 3. The first kappa shape index (κ1) is 12.9. The van der Waals surface area contributed by atoms with E-state index in [1.807, 2.05) is 0 Å². The Labute approximate surface area is 76.2 Å². The highest BCUT2D eigenvalue weighted by Crippen LogP contribution is 2.39. The van der Waals surface area contributed by atoms with Crippen molar-refractivity contribution in [1.82, 2.24) is 0 Å². The molecule has 0 radical (unpaired) electrons. The Bertz CT molecular complexity index is 149. The van der Waals surface area contributed by atoms with Crippen LogP contribution in [0.25, 0.3) is 0 Å². The van der Waals surface area contributed by atoms with Gasteiger partial charge >= 0.3 is 15.0 Å². The summed E-state index contributed by atoms with van der Waals surface area (Å²) >= 11 is 0. The predicted molar refractivity (Wildman–Crippen MR) is 42.3 cm³/mol. The highest BCUT2D eigenvalue weighted by Gasteiger charge is 2.57. The summed E-state index contributed by atoms with van der Waals surface area (Å²) < 4.78 is 51.0. The number of hydrogen-bond donors (Lipinski definition) is 0. The van der Waals surface area contributed by atoms with Crippen molar-refractivity contribution in [2.45, 2.75) is 18.6 Å². The first-order valence-electron chi connectivity index (χ1n) is 3.56. The van der Waals surface area contributed by atoms with Crippen molar-refractivity contribution in [1.29, 1.82) is 0 Å². The molecule has 3 nitrogen and oxygen atoms in total. The lowest BCUT2D eigenvalue weighted by Crippen LogP contribution is -2.51. The van der Waals surface area contributed by atoms with Crippen molar-refractivity contribution < 1.29 is 26.4 Å². The molecule has 0 bridgehead atoms. The number of rotatable bonds is 4. The molecule has 1 unspecified atom stereocenters. The average Bonchev–Trinajstić information content (AvgIpc) is 2.07. The lowest BCUT2D eigenvalue weighted by molar-refractivity contribution is -0.144. The van der Waals surface area contributed by atoms with E-state index >= 15 is 0 Å². The topological polar surface area (TPSA) is 27.7 Å². The van der Waals surface area contributed by atoms with E-state index < -0.39 is 20.5 Å². The molecule has 0 spiro atoms. The minimum Gasteiger partial charge on any atom is -0.376 e. The Morgan fingerprint density at radius 1 is 1.00 bits per heavy atom. The molecule has 0 heterocycles. The SMILES string of the molecule is CO[Si](OC)(OC)C(C)C(F)(F)F. The fourth-order valence-electron chi connectivity index (χ4n) is 0.981. The fraction of sp³-hybridized carbons (Fsp3) is 1.00. The molecule has 0 aliphatic rings. The lowest BCUT2D eigenvalue weighted by Gasteiger charge is -2.31. The monoisotopic (exact) mass is 218 g/mol. The van der Waals surface area contributed by atoms with E-state index in [0.29, 0.717) is 0 Å². The van der Waals surface area contributed by atoms with Crippen LogP contribution in [0.1, 0.15) is 6.92 Å². The number of hydrogen-bond acceptors (Lipinski definition) is 3. The zero-order chi connectivity index (χ0) is 10.7. The molecule has 80 valence electrons. The van der Waals surface area contributed by atoms with E-state index in [-0.39, 0.29) is 0 Å². The van der Waals surface area contributed by atoms with Gasteiger partial charge in [-0.2, -0.15) is 13.2 Å². The van der Waals surface area contributed by atoms with Crippen LogP contribution in [0.2, 0.25) is 5.54 Å². The maximum absolute atomic E-state index is 12.3. The molecule has 0 rings (SSSR count). The van der Waals surface area contributed by atoms with Crippen LogP contribution in [-0.2, 0) is 13.3 Å². The van der Waals surface area contributed by atoms with Crippen LogP contribution in [0.15, 0.2) is 0 Å². The molecule has 13 heavy (non-hydrogen) atoms. The minimum absolute atomic E-state index is 0.989. The van der Waals surface area contributed by atoms with Crippen LogP contribution in [0, 0.1) is 0 Å². The van der Waals surface area contributed by atoms with Crippen molar-refractivity contribution in [3.63, 3.8) is 0 Å². The normalized spacial score (nSPS) is 15.9.